The molecule has 0 aliphatic heterocycles. The average molecular weight is 288 g/mol. The van der Waals surface area contributed by atoms with Gasteiger partial charge in [-0.2, -0.15) is 10.2 Å². The summed E-state index contributed by atoms with van der Waals surface area (Å²) < 4.78 is 5.20. The third-order valence-electron chi connectivity index (χ3n) is 2.46. The number of aromatic nitrogens is 2. The fraction of sp³-hybridized carbons (Fsp3) is 0. The van der Waals surface area contributed by atoms with Gasteiger partial charge in [0.2, 0.25) is 5.82 Å². The van der Waals surface area contributed by atoms with Crippen LogP contribution in [0.25, 0.3) is 22.2 Å². The zero-order valence-electron chi connectivity index (χ0n) is 9.50. The van der Waals surface area contributed by atoms with Crippen LogP contribution >= 0.6 is 22.9 Å². The van der Waals surface area contributed by atoms with Crippen LogP contribution in [-0.4, -0.2) is 10.1 Å². The maximum absolute atomic E-state index is 8.79. The van der Waals surface area contributed by atoms with Gasteiger partial charge in [-0.05, 0) is 36.4 Å². The van der Waals surface area contributed by atoms with Gasteiger partial charge in [0, 0.05) is 10.6 Å². The summed E-state index contributed by atoms with van der Waals surface area (Å²) in [5.41, 5.74) is 0.830. The van der Waals surface area contributed by atoms with Crippen molar-refractivity contribution in [3.05, 3.63) is 46.3 Å². The van der Waals surface area contributed by atoms with Crippen LogP contribution in [0.4, 0.5) is 0 Å². The van der Waals surface area contributed by atoms with E-state index in [0.29, 0.717) is 21.6 Å². The van der Waals surface area contributed by atoms with Gasteiger partial charge >= 0.3 is 0 Å². The van der Waals surface area contributed by atoms with E-state index in [-0.39, 0.29) is 0 Å². The molecule has 19 heavy (non-hydrogen) atoms. The van der Waals surface area contributed by atoms with Crippen molar-refractivity contribution in [1.82, 2.24) is 10.1 Å². The largest absolute Gasteiger partial charge is 0.333 e. The van der Waals surface area contributed by atoms with Gasteiger partial charge in [-0.25, -0.2) is 0 Å². The average Bonchev–Trinajstić information content (AvgIpc) is 3.08. The molecule has 0 radical (unpaired) electrons. The second kappa shape index (κ2) is 4.84. The summed E-state index contributed by atoms with van der Waals surface area (Å²) in [4.78, 5) is 5.70. The molecule has 0 bridgehead atoms. The Morgan fingerprint density at radius 2 is 1.95 bits per heavy atom. The Kier molecular flexibility index (Phi) is 3.03. The van der Waals surface area contributed by atoms with Crippen LogP contribution in [0, 0.1) is 11.3 Å². The molecule has 2 aromatic heterocycles. The quantitative estimate of drug-likeness (QED) is 0.715. The van der Waals surface area contributed by atoms with E-state index >= 15 is 0 Å². The zero-order chi connectivity index (χ0) is 13.2. The summed E-state index contributed by atoms with van der Waals surface area (Å²) >= 11 is 7.14. The van der Waals surface area contributed by atoms with Gasteiger partial charge in [-0.1, -0.05) is 16.8 Å². The summed E-state index contributed by atoms with van der Waals surface area (Å²) in [7, 11) is 0. The van der Waals surface area contributed by atoms with E-state index in [4.69, 9.17) is 21.4 Å². The summed E-state index contributed by atoms with van der Waals surface area (Å²) in [6.07, 6.45) is 0. The Morgan fingerprint density at radius 3 is 2.63 bits per heavy atom. The standard InChI is InChI=1S/C13H6ClN3OS/c14-9-3-1-8(2-4-9)12-16-13(18-17-12)11-6-5-10(7-15)19-11/h1-6H. The fourth-order valence-corrected chi connectivity index (χ4v) is 2.40. The van der Waals surface area contributed by atoms with Crippen LogP contribution in [-0.2, 0) is 0 Å². The van der Waals surface area contributed by atoms with Gasteiger partial charge in [0.1, 0.15) is 10.9 Å². The molecule has 0 unspecified atom stereocenters. The summed E-state index contributed by atoms with van der Waals surface area (Å²) in [6, 6.07) is 12.8. The molecule has 0 N–H and O–H groups in total. The molecule has 4 nitrogen and oxygen atoms in total. The van der Waals surface area contributed by atoms with E-state index in [2.05, 4.69) is 16.2 Å². The van der Waals surface area contributed by atoms with Gasteiger partial charge in [-0.15, -0.1) is 11.3 Å². The molecule has 3 aromatic rings. The fourth-order valence-electron chi connectivity index (χ4n) is 1.55. The summed E-state index contributed by atoms with van der Waals surface area (Å²) in [5.74, 6) is 0.912. The predicted molar refractivity (Wildman–Crippen MR) is 72.8 cm³/mol. The van der Waals surface area contributed by atoms with Gasteiger partial charge in [-0.3, -0.25) is 0 Å². The Morgan fingerprint density at radius 1 is 1.16 bits per heavy atom. The number of hydrogen-bond acceptors (Lipinski definition) is 5. The van der Waals surface area contributed by atoms with E-state index < -0.39 is 0 Å². The molecular formula is C13H6ClN3OS. The lowest BCUT2D eigenvalue weighted by Crippen LogP contribution is -1.79. The topological polar surface area (TPSA) is 62.7 Å². The van der Waals surface area contributed by atoms with Crippen molar-refractivity contribution in [2.24, 2.45) is 0 Å². The van der Waals surface area contributed by atoms with Crippen LogP contribution in [0.1, 0.15) is 4.88 Å². The van der Waals surface area contributed by atoms with E-state index in [0.717, 1.165) is 10.4 Å². The number of nitriles is 1. The van der Waals surface area contributed by atoms with E-state index in [1.54, 1.807) is 24.3 Å². The van der Waals surface area contributed by atoms with Crippen molar-refractivity contribution < 1.29 is 4.52 Å². The van der Waals surface area contributed by atoms with Gasteiger partial charge in [0.05, 0.1) is 4.88 Å². The normalized spacial score (nSPS) is 10.3. The third kappa shape index (κ3) is 2.36. The maximum Gasteiger partial charge on any atom is 0.268 e. The van der Waals surface area contributed by atoms with Crippen LogP contribution in [0.2, 0.25) is 5.02 Å². The Labute approximate surface area is 117 Å². The lowest BCUT2D eigenvalue weighted by molar-refractivity contribution is 0.433. The van der Waals surface area contributed by atoms with Gasteiger partial charge in [0.25, 0.3) is 5.89 Å². The lowest BCUT2D eigenvalue weighted by atomic mass is 10.2. The zero-order valence-corrected chi connectivity index (χ0v) is 11.1. The van der Waals surface area contributed by atoms with Crippen molar-refractivity contribution in [3.8, 4) is 28.2 Å². The Balaban J connectivity index is 1.95. The van der Waals surface area contributed by atoms with E-state index in [1.165, 1.54) is 11.3 Å². The van der Waals surface area contributed by atoms with Crippen LogP contribution in [0.5, 0.6) is 0 Å². The van der Waals surface area contributed by atoms with Crippen molar-refractivity contribution in [3.63, 3.8) is 0 Å². The van der Waals surface area contributed by atoms with Gasteiger partial charge in [0.15, 0.2) is 0 Å². The lowest BCUT2D eigenvalue weighted by Gasteiger charge is -1.92. The molecule has 0 atom stereocenters. The molecule has 0 fully saturated rings. The summed E-state index contributed by atoms with van der Waals surface area (Å²) in [5, 5.41) is 13.4. The first kappa shape index (κ1) is 11.9. The minimum absolute atomic E-state index is 0.413. The number of nitrogens with zero attached hydrogens (tertiary/aromatic N) is 3. The number of benzene rings is 1. The number of thiophene rings is 1. The van der Waals surface area contributed by atoms with Crippen LogP contribution in [0.15, 0.2) is 40.9 Å². The minimum atomic E-state index is 0.413. The first-order valence-corrected chi connectivity index (χ1v) is 6.55. The van der Waals surface area contributed by atoms with Gasteiger partial charge < -0.3 is 4.52 Å². The molecule has 92 valence electrons. The second-order valence-corrected chi connectivity index (χ2v) is 5.23. The molecule has 0 aliphatic carbocycles. The molecule has 0 saturated heterocycles. The molecule has 3 rings (SSSR count). The third-order valence-corrected chi connectivity index (χ3v) is 3.69. The van der Waals surface area contributed by atoms with Crippen LogP contribution < -0.4 is 0 Å². The second-order valence-electron chi connectivity index (χ2n) is 3.71. The molecule has 1 aromatic carbocycles. The minimum Gasteiger partial charge on any atom is -0.333 e. The predicted octanol–water partition coefficient (Wildman–Crippen LogP) is 3.99. The maximum atomic E-state index is 8.79. The number of rotatable bonds is 2. The van der Waals surface area contributed by atoms with E-state index in [1.807, 2.05) is 12.1 Å². The molecule has 0 saturated carbocycles. The molecule has 2 heterocycles. The van der Waals surface area contributed by atoms with Crippen molar-refractivity contribution >= 4 is 22.9 Å². The molecule has 6 heteroatoms. The van der Waals surface area contributed by atoms with Crippen LogP contribution in [0.3, 0.4) is 0 Å². The molecule has 0 aliphatic rings. The molecule has 0 spiro atoms. The highest BCUT2D eigenvalue weighted by molar-refractivity contribution is 7.15. The Hall–Kier alpha value is -2.16. The number of halogens is 1. The highest BCUT2D eigenvalue weighted by atomic mass is 35.5. The monoisotopic (exact) mass is 287 g/mol. The highest BCUT2D eigenvalue weighted by Crippen LogP contribution is 2.28. The highest BCUT2D eigenvalue weighted by Gasteiger charge is 2.12. The first-order chi connectivity index (χ1) is 9.26. The number of hydrogen-bond donors (Lipinski definition) is 0. The van der Waals surface area contributed by atoms with E-state index in [9.17, 15) is 0 Å². The molecule has 0 amide bonds. The van der Waals surface area contributed by atoms with Crippen molar-refractivity contribution in [2.45, 2.75) is 0 Å². The van der Waals surface area contributed by atoms with Crippen molar-refractivity contribution in [1.29, 1.82) is 5.26 Å². The Bertz CT molecular complexity index is 755. The molecular weight excluding hydrogens is 282 g/mol. The smallest absolute Gasteiger partial charge is 0.268 e. The SMILES string of the molecule is N#Cc1ccc(-c2nc(-c3ccc(Cl)cc3)no2)s1. The first-order valence-electron chi connectivity index (χ1n) is 5.36. The summed E-state index contributed by atoms with van der Waals surface area (Å²) in [6.45, 7) is 0. The van der Waals surface area contributed by atoms with Crippen molar-refractivity contribution in [2.75, 3.05) is 0 Å².